The van der Waals surface area contributed by atoms with E-state index < -0.39 is 69.9 Å². The van der Waals surface area contributed by atoms with E-state index in [2.05, 4.69) is 17.5 Å². The smallest absolute Gasteiger partial charge is 0.235 e. The van der Waals surface area contributed by atoms with Gasteiger partial charge in [-0.1, -0.05) is 26.0 Å². The number of carbonyl (C=O) groups excluding carboxylic acids is 3. The summed E-state index contributed by atoms with van der Waals surface area (Å²) in [5, 5.41) is 58.6. The van der Waals surface area contributed by atoms with Gasteiger partial charge in [0.05, 0.1) is 23.4 Å². The van der Waals surface area contributed by atoms with Crippen LogP contribution in [0.5, 0.6) is 11.5 Å². The summed E-state index contributed by atoms with van der Waals surface area (Å²) in [5.41, 5.74) is 2.06. The van der Waals surface area contributed by atoms with Crippen molar-refractivity contribution in [2.75, 3.05) is 33.7 Å². The molecule has 1 aliphatic heterocycles. The number of likely N-dealkylation sites (N-methyl/N-ethyl adjacent to an activating group) is 1. The molecule has 5 rings (SSSR count). The van der Waals surface area contributed by atoms with Crippen LogP contribution in [0.3, 0.4) is 0 Å². The largest absolute Gasteiger partial charge is 0.507 e. The number of aromatic hydroxyl groups is 2. The van der Waals surface area contributed by atoms with Crippen LogP contribution in [-0.2, 0) is 19.8 Å². The summed E-state index contributed by atoms with van der Waals surface area (Å²) < 4.78 is 0. The number of fused-ring (bicyclic) bond motifs is 3. The minimum Gasteiger partial charge on any atom is -0.507 e. The Labute approximate surface area is 255 Å². The first-order chi connectivity index (χ1) is 20.1. The lowest BCUT2D eigenvalue weighted by Crippen LogP contribution is -2.71. The molecule has 2 aromatic rings. The van der Waals surface area contributed by atoms with Gasteiger partial charge in [-0.25, -0.2) is 0 Å². The zero-order chi connectivity index (χ0) is 31.8. The first-order valence-electron chi connectivity index (χ1n) is 14.7. The molecule has 2 aromatic carbocycles. The fraction of sp³-hybridized carbons (Fsp3) is 0.581. The molecule has 1 amide bonds. The van der Waals surface area contributed by atoms with Gasteiger partial charge in [0, 0.05) is 27.0 Å². The van der Waals surface area contributed by atoms with Crippen LogP contribution in [0.1, 0.15) is 68.4 Å². The molecule has 11 nitrogen and oxygen atoms in total. The minimum absolute atomic E-state index is 0.0582. The van der Waals surface area contributed by atoms with E-state index in [0.717, 1.165) is 32.5 Å². The van der Waals surface area contributed by atoms with Gasteiger partial charge in [-0.15, -0.1) is 12.6 Å². The highest BCUT2D eigenvalue weighted by Gasteiger charge is 2.68. The zero-order valence-electron chi connectivity index (χ0n) is 24.9. The fourth-order valence-electron chi connectivity index (χ4n) is 7.66. The minimum atomic E-state index is -2.87. The van der Waals surface area contributed by atoms with E-state index in [4.69, 9.17) is 5.73 Å². The van der Waals surface area contributed by atoms with Crippen LogP contribution in [-0.4, -0.2) is 98.2 Å². The van der Waals surface area contributed by atoms with Crippen LogP contribution in [0.25, 0.3) is 10.8 Å². The van der Waals surface area contributed by atoms with E-state index >= 15 is 0 Å². The molecule has 2 aliphatic carbocycles. The van der Waals surface area contributed by atoms with E-state index in [9.17, 15) is 39.9 Å². The third-order valence-electron chi connectivity index (χ3n) is 9.92. The average molecular weight is 616 g/mol. The lowest BCUT2D eigenvalue weighted by Gasteiger charge is -2.53. The highest BCUT2D eigenvalue weighted by atomic mass is 32.1. The van der Waals surface area contributed by atoms with Crippen LogP contribution in [0, 0.1) is 11.8 Å². The summed E-state index contributed by atoms with van der Waals surface area (Å²) in [6.07, 6.45) is 0.0705. The topological polar surface area (TPSA) is 185 Å². The second-order valence-corrected chi connectivity index (χ2v) is 13.6. The number of primary amides is 1. The number of ketones is 2. The molecule has 12 heteroatoms. The van der Waals surface area contributed by atoms with Gasteiger partial charge in [0.25, 0.3) is 0 Å². The van der Waals surface area contributed by atoms with Gasteiger partial charge in [-0.3, -0.25) is 19.3 Å². The Morgan fingerprint density at radius 3 is 2.33 bits per heavy atom. The van der Waals surface area contributed by atoms with E-state index in [-0.39, 0.29) is 27.0 Å². The first kappa shape index (κ1) is 31.7. The molecular weight excluding hydrogens is 574 g/mol. The molecule has 1 heterocycles. The standard InChI is InChI=1S/C31H41N3O8S/c1-30(2,10-7-13-34-11-5-6-12-34)15-9-8-14-16(22(15)35)23(36)18-17(26(14)43)24(37)20-21(33(3)4)25(38)19(29(32)41)28(40)31(20,42)27(18)39/h8-9,19-21,24,27,35-37,39,42-43H,5-7,10-13H2,1-4H3,(H2,32,41)/t19?,20-,21+,24+,27?,31+/m1/s1. The molecule has 234 valence electrons. The van der Waals surface area contributed by atoms with Crippen LogP contribution < -0.4 is 5.73 Å². The number of nitrogens with zero attached hydrogens (tertiary/aromatic N) is 2. The Kier molecular flexibility index (Phi) is 8.11. The molecule has 7 N–H and O–H groups in total. The zero-order valence-corrected chi connectivity index (χ0v) is 25.8. The Hall–Kier alpha value is -2.74. The maximum Gasteiger partial charge on any atom is 0.235 e. The number of aliphatic hydroxyl groups is 3. The van der Waals surface area contributed by atoms with Crippen LogP contribution >= 0.6 is 12.6 Å². The summed E-state index contributed by atoms with van der Waals surface area (Å²) >= 11 is 4.63. The summed E-state index contributed by atoms with van der Waals surface area (Å²) in [4.78, 5) is 42.9. The van der Waals surface area contributed by atoms with Crippen LogP contribution in [0.4, 0.5) is 0 Å². The molecule has 0 spiro atoms. The van der Waals surface area contributed by atoms with Crippen molar-refractivity contribution in [3.05, 3.63) is 28.8 Å². The highest BCUT2D eigenvalue weighted by Crippen LogP contribution is 2.59. The van der Waals surface area contributed by atoms with Crippen molar-refractivity contribution in [1.82, 2.24) is 9.80 Å². The molecule has 3 aliphatic rings. The average Bonchev–Trinajstić information content (AvgIpc) is 3.43. The first-order valence-corrected chi connectivity index (χ1v) is 15.1. The number of nitrogens with two attached hydrogens (primary N) is 1. The number of amides is 1. The van der Waals surface area contributed by atoms with Gasteiger partial charge in [0.15, 0.2) is 23.1 Å². The number of phenols is 2. The lowest BCUT2D eigenvalue weighted by atomic mass is 9.56. The number of benzene rings is 2. The van der Waals surface area contributed by atoms with Gasteiger partial charge < -0.3 is 36.2 Å². The van der Waals surface area contributed by atoms with Gasteiger partial charge >= 0.3 is 0 Å². The molecule has 0 radical (unpaired) electrons. The number of thiol groups is 1. The molecule has 1 saturated heterocycles. The molecule has 1 saturated carbocycles. The molecule has 43 heavy (non-hydrogen) atoms. The third kappa shape index (κ3) is 4.65. The molecule has 0 aromatic heterocycles. The number of hydrogen-bond acceptors (Lipinski definition) is 11. The molecule has 2 fully saturated rings. The summed E-state index contributed by atoms with van der Waals surface area (Å²) in [7, 11) is 2.94. The predicted octanol–water partition coefficient (Wildman–Crippen LogP) is 1.30. The van der Waals surface area contributed by atoms with Crippen molar-refractivity contribution in [1.29, 1.82) is 0 Å². The Morgan fingerprint density at radius 1 is 1.12 bits per heavy atom. The number of phenolic OH excluding ortho intramolecular Hbond substituents is 2. The molecular formula is C31H41N3O8S. The number of Topliss-reactive ketones (excluding diaryl/α,β-unsaturated/α-hetero) is 2. The van der Waals surface area contributed by atoms with E-state index in [1.54, 1.807) is 12.1 Å². The third-order valence-corrected chi connectivity index (χ3v) is 10.4. The van der Waals surface area contributed by atoms with Gasteiger partial charge in [0.1, 0.15) is 17.6 Å². The van der Waals surface area contributed by atoms with Crippen molar-refractivity contribution < 1.29 is 39.9 Å². The van der Waals surface area contributed by atoms with Crippen molar-refractivity contribution in [3.63, 3.8) is 0 Å². The predicted molar refractivity (Wildman–Crippen MR) is 161 cm³/mol. The van der Waals surface area contributed by atoms with E-state index in [1.807, 2.05) is 13.8 Å². The number of rotatable bonds is 7. The molecule has 6 atom stereocenters. The van der Waals surface area contributed by atoms with Crippen molar-refractivity contribution in [2.24, 2.45) is 17.6 Å². The van der Waals surface area contributed by atoms with Crippen molar-refractivity contribution >= 4 is 40.9 Å². The summed E-state index contributed by atoms with van der Waals surface area (Å²) in [6.45, 7) is 7.09. The monoisotopic (exact) mass is 615 g/mol. The number of likely N-dealkylation sites (tertiary alicyclic amines) is 1. The quantitative estimate of drug-likeness (QED) is 0.177. The second kappa shape index (κ2) is 11.0. The number of hydrogen-bond donors (Lipinski definition) is 7. The Morgan fingerprint density at radius 2 is 1.74 bits per heavy atom. The Bertz CT molecular complexity index is 1500. The second-order valence-electron chi connectivity index (χ2n) is 13.2. The number of carbonyl (C=O) groups is 3. The van der Waals surface area contributed by atoms with Crippen molar-refractivity contribution in [3.8, 4) is 11.5 Å². The van der Waals surface area contributed by atoms with E-state index in [0.29, 0.717) is 5.56 Å². The van der Waals surface area contributed by atoms with Gasteiger partial charge in [-0.2, -0.15) is 0 Å². The summed E-state index contributed by atoms with van der Waals surface area (Å²) in [5.74, 6) is -8.15. The number of aliphatic hydroxyl groups excluding tert-OH is 2. The molecule has 0 bridgehead atoms. The van der Waals surface area contributed by atoms with Crippen LogP contribution in [0.15, 0.2) is 17.0 Å². The van der Waals surface area contributed by atoms with E-state index in [1.165, 1.54) is 31.8 Å². The lowest BCUT2D eigenvalue weighted by molar-refractivity contribution is -0.202. The van der Waals surface area contributed by atoms with Crippen molar-refractivity contribution in [2.45, 2.75) is 73.7 Å². The van der Waals surface area contributed by atoms with Gasteiger partial charge in [-0.05, 0) is 64.8 Å². The maximum atomic E-state index is 13.6. The fourth-order valence-corrected chi connectivity index (χ4v) is 8.10. The maximum absolute atomic E-state index is 13.6. The highest BCUT2D eigenvalue weighted by molar-refractivity contribution is 7.80. The van der Waals surface area contributed by atoms with Crippen LogP contribution in [0.2, 0.25) is 0 Å². The summed E-state index contributed by atoms with van der Waals surface area (Å²) in [6, 6.07) is 2.02. The SMILES string of the molecule is CN(C)[C@@H]1C(=O)C(C(N)=O)C(=O)[C@@]2(O)C(O)c3c(c(S)c4ccc(C(C)(C)CCCN5CCCC5)c(O)c4c3O)[C@H](O)[C@@H]12. The van der Waals surface area contributed by atoms with Gasteiger partial charge in [0.2, 0.25) is 5.91 Å². The normalized spacial score (nSPS) is 29.7. The Balaban J connectivity index is 1.66. The molecule has 2 unspecified atom stereocenters.